The lowest BCUT2D eigenvalue weighted by atomic mass is 10.1. The van der Waals surface area contributed by atoms with Crippen molar-refractivity contribution in [1.82, 2.24) is 4.72 Å². The minimum Gasteiger partial charge on any atom is -0.229 e. The highest BCUT2D eigenvalue weighted by atomic mass is 35.5. The quantitative estimate of drug-likeness (QED) is 0.834. The van der Waals surface area contributed by atoms with Crippen molar-refractivity contribution >= 4 is 31.5 Å². The van der Waals surface area contributed by atoms with E-state index in [0.29, 0.717) is 0 Å². The first-order chi connectivity index (χ1) is 9.11. The third-order valence-electron chi connectivity index (χ3n) is 3.38. The Kier molecular flexibility index (Phi) is 4.17. The van der Waals surface area contributed by atoms with E-state index in [1.165, 1.54) is 6.07 Å². The molecule has 1 aromatic rings. The molecule has 1 N–H and O–H groups in total. The van der Waals surface area contributed by atoms with E-state index in [4.69, 9.17) is 11.6 Å². The number of alkyl halides is 1. The molecule has 1 fully saturated rings. The van der Waals surface area contributed by atoms with E-state index < -0.39 is 31.3 Å². The molecule has 1 aliphatic heterocycles. The number of halogens is 1. The van der Waals surface area contributed by atoms with Crippen molar-refractivity contribution in [2.75, 3.05) is 11.5 Å². The Morgan fingerprint density at radius 3 is 2.35 bits per heavy atom. The molecule has 5 nitrogen and oxygen atoms in total. The van der Waals surface area contributed by atoms with Crippen molar-refractivity contribution in [3.63, 3.8) is 0 Å². The summed E-state index contributed by atoms with van der Waals surface area (Å²) in [6.07, 6.45) is 0. The number of nitrogens with one attached hydrogen (secondary N) is 1. The molecule has 112 valence electrons. The molecule has 2 unspecified atom stereocenters. The molecule has 1 saturated heterocycles. The summed E-state index contributed by atoms with van der Waals surface area (Å²) < 4.78 is 49.8. The molecule has 2 atom stereocenters. The fraction of sp³-hybridized carbons (Fsp3) is 0.500. The first-order valence-corrected chi connectivity index (χ1v) is 9.79. The van der Waals surface area contributed by atoms with Crippen LogP contribution in [0.15, 0.2) is 23.1 Å². The summed E-state index contributed by atoms with van der Waals surface area (Å²) in [5, 5.41) is -0.735. The third-order valence-corrected chi connectivity index (χ3v) is 7.24. The summed E-state index contributed by atoms with van der Waals surface area (Å²) >= 11 is 5.91. The zero-order chi connectivity index (χ0) is 15.1. The van der Waals surface area contributed by atoms with Crippen LogP contribution in [-0.4, -0.2) is 39.8 Å². The fourth-order valence-electron chi connectivity index (χ4n) is 2.06. The van der Waals surface area contributed by atoms with Crippen LogP contribution < -0.4 is 4.72 Å². The summed E-state index contributed by atoms with van der Waals surface area (Å²) in [6.45, 7) is 3.70. The van der Waals surface area contributed by atoms with E-state index >= 15 is 0 Å². The van der Waals surface area contributed by atoms with Gasteiger partial charge in [0.2, 0.25) is 10.0 Å². The smallest absolute Gasteiger partial charge is 0.229 e. The highest BCUT2D eigenvalue weighted by Gasteiger charge is 2.38. The minimum atomic E-state index is -3.76. The number of rotatable bonds is 3. The molecule has 1 heterocycles. The Morgan fingerprint density at radius 2 is 1.85 bits per heavy atom. The SMILES string of the molecule is Cc1ccc(S(=O)(=O)NC2CS(=O)(=O)CC2Cl)cc1C. The maximum atomic E-state index is 12.2. The van der Waals surface area contributed by atoms with E-state index in [9.17, 15) is 16.8 Å². The van der Waals surface area contributed by atoms with Gasteiger partial charge in [0.15, 0.2) is 9.84 Å². The van der Waals surface area contributed by atoms with Crippen LogP contribution in [0.1, 0.15) is 11.1 Å². The molecule has 0 saturated carbocycles. The van der Waals surface area contributed by atoms with Gasteiger partial charge in [-0.2, -0.15) is 0 Å². The van der Waals surface area contributed by atoms with Gasteiger partial charge in [-0.25, -0.2) is 21.6 Å². The zero-order valence-electron chi connectivity index (χ0n) is 11.1. The Bertz CT molecular complexity index is 728. The third kappa shape index (κ3) is 3.33. The predicted molar refractivity (Wildman–Crippen MR) is 78.3 cm³/mol. The number of hydrogen-bond acceptors (Lipinski definition) is 4. The standard InChI is InChI=1S/C12H16ClNO4S2/c1-8-3-4-10(5-9(8)2)20(17,18)14-12-7-19(15,16)6-11(12)13/h3-5,11-12,14H,6-7H2,1-2H3. The molecular formula is C12H16ClNO4S2. The van der Waals surface area contributed by atoms with Crippen molar-refractivity contribution in [2.45, 2.75) is 30.2 Å². The molecule has 1 aromatic carbocycles. The van der Waals surface area contributed by atoms with Gasteiger partial charge in [-0.15, -0.1) is 11.6 Å². The van der Waals surface area contributed by atoms with Crippen LogP contribution in [0, 0.1) is 13.8 Å². The molecule has 0 aromatic heterocycles. The van der Waals surface area contributed by atoms with Crippen molar-refractivity contribution in [3.8, 4) is 0 Å². The largest absolute Gasteiger partial charge is 0.240 e. The van der Waals surface area contributed by atoms with Gasteiger partial charge in [-0.3, -0.25) is 0 Å². The van der Waals surface area contributed by atoms with Crippen molar-refractivity contribution < 1.29 is 16.8 Å². The van der Waals surface area contributed by atoms with Crippen LogP contribution >= 0.6 is 11.6 Å². The second-order valence-electron chi connectivity index (χ2n) is 5.07. The lowest BCUT2D eigenvalue weighted by Crippen LogP contribution is -2.40. The summed E-state index contributed by atoms with van der Waals surface area (Å²) in [4.78, 5) is 0.119. The maximum Gasteiger partial charge on any atom is 0.240 e. The van der Waals surface area contributed by atoms with Crippen LogP contribution in [0.5, 0.6) is 0 Å². The molecular weight excluding hydrogens is 322 g/mol. The normalized spacial score (nSPS) is 25.8. The van der Waals surface area contributed by atoms with Crippen molar-refractivity contribution in [1.29, 1.82) is 0 Å². The lowest BCUT2D eigenvalue weighted by Gasteiger charge is -2.15. The molecule has 0 amide bonds. The molecule has 1 aliphatic rings. The zero-order valence-corrected chi connectivity index (χ0v) is 13.5. The van der Waals surface area contributed by atoms with Gasteiger partial charge < -0.3 is 0 Å². The van der Waals surface area contributed by atoms with E-state index in [1.807, 2.05) is 13.8 Å². The molecule has 0 spiro atoms. The number of benzene rings is 1. The summed E-state index contributed by atoms with van der Waals surface area (Å²) in [5.41, 5.74) is 1.84. The molecule has 0 bridgehead atoms. The van der Waals surface area contributed by atoms with Crippen molar-refractivity contribution in [3.05, 3.63) is 29.3 Å². The van der Waals surface area contributed by atoms with E-state index in [0.717, 1.165) is 11.1 Å². The average molecular weight is 338 g/mol. The van der Waals surface area contributed by atoms with Crippen LogP contribution in [0.3, 0.4) is 0 Å². The average Bonchev–Trinajstić information content (AvgIpc) is 2.54. The molecule has 2 rings (SSSR count). The molecule has 20 heavy (non-hydrogen) atoms. The Morgan fingerprint density at radius 1 is 1.20 bits per heavy atom. The molecule has 8 heteroatoms. The van der Waals surface area contributed by atoms with Crippen LogP contribution in [0.4, 0.5) is 0 Å². The van der Waals surface area contributed by atoms with E-state index in [1.54, 1.807) is 12.1 Å². The van der Waals surface area contributed by atoms with Gasteiger partial charge >= 0.3 is 0 Å². The first kappa shape index (κ1) is 15.8. The van der Waals surface area contributed by atoms with Crippen LogP contribution in [-0.2, 0) is 19.9 Å². The molecule has 0 radical (unpaired) electrons. The molecule has 0 aliphatic carbocycles. The predicted octanol–water partition coefficient (Wildman–Crippen LogP) is 0.986. The summed E-state index contributed by atoms with van der Waals surface area (Å²) in [6, 6.07) is 3.99. The topological polar surface area (TPSA) is 80.3 Å². The van der Waals surface area contributed by atoms with Crippen LogP contribution in [0.25, 0.3) is 0 Å². The minimum absolute atomic E-state index is 0.119. The highest BCUT2D eigenvalue weighted by molar-refractivity contribution is 7.92. The van der Waals surface area contributed by atoms with Gasteiger partial charge in [-0.05, 0) is 37.1 Å². The first-order valence-electron chi connectivity index (χ1n) is 6.05. The maximum absolute atomic E-state index is 12.2. The van der Waals surface area contributed by atoms with Crippen molar-refractivity contribution in [2.24, 2.45) is 0 Å². The number of sulfonamides is 1. The Hall–Kier alpha value is -0.630. The second-order valence-corrected chi connectivity index (χ2v) is 9.50. The summed E-state index contributed by atoms with van der Waals surface area (Å²) in [7, 11) is -7.04. The number of hydrogen-bond donors (Lipinski definition) is 1. The monoisotopic (exact) mass is 337 g/mol. The van der Waals surface area contributed by atoms with E-state index in [-0.39, 0.29) is 16.4 Å². The lowest BCUT2D eigenvalue weighted by molar-refractivity contribution is 0.563. The Balaban J connectivity index is 2.26. The summed E-state index contributed by atoms with van der Waals surface area (Å²) in [5.74, 6) is -0.458. The Labute approximate surface area is 124 Å². The van der Waals surface area contributed by atoms with Gasteiger partial charge in [0.1, 0.15) is 0 Å². The number of aryl methyl sites for hydroxylation is 2. The highest BCUT2D eigenvalue weighted by Crippen LogP contribution is 2.21. The second kappa shape index (κ2) is 5.29. The van der Waals surface area contributed by atoms with Gasteiger partial charge in [-0.1, -0.05) is 6.07 Å². The van der Waals surface area contributed by atoms with Crippen LogP contribution in [0.2, 0.25) is 0 Å². The van der Waals surface area contributed by atoms with E-state index in [2.05, 4.69) is 4.72 Å². The van der Waals surface area contributed by atoms with Gasteiger partial charge in [0, 0.05) is 0 Å². The number of sulfone groups is 1. The van der Waals surface area contributed by atoms with Gasteiger partial charge in [0.05, 0.1) is 27.8 Å². The van der Waals surface area contributed by atoms with Gasteiger partial charge in [0.25, 0.3) is 0 Å². The fourth-order valence-corrected chi connectivity index (χ4v) is 6.15.